The van der Waals surface area contributed by atoms with Gasteiger partial charge in [-0.3, -0.25) is 44.0 Å². The zero-order chi connectivity index (χ0) is 41.0. The van der Waals surface area contributed by atoms with E-state index in [4.69, 9.17) is 21.2 Å². The van der Waals surface area contributed by atoms with Crippen LogP contribution in [-0.2, 0) is 42.1 Å². The van der Waals surface area contributed by atoms with Gasteiger partial charge in [-0.15, -0.1) is 0 Å². The molecule has 0 saturated heterocycles. The second-order valence-electron chi connectivity index (χ2n) is 13.2. The lowest BCUT2D eigenvalue weighted by Gasteiger charge is -2.12. The smallest absolute Gasteiger partial charge is 0.306 e. The zero-order valence-corrected chi connectivity index (χ0v) is 32.3. The number of aromatic nitrogens is 8. The molecular weight excluding hydrogens is 733 g/mol. The molecule has 57 heavy (non-hydrogen) atoms. The van der Waals surface area contributed by atoms with E-state index in [-0.39, 0.29) is 55.6 Å². The van der Waals surface area contributed by atoms with E-state index in [0.717, 1.165) is 0 Å². The van der Waals surface area contributed by atoms with Crippen molar-refractivity contribution in [3.63, 3.8) is 0 Å². The summed E-state index contributed by atoms with van der Waals surface area (Å²) < 4.78 is 11.9. The lowest BCUT2D eigenvalue weighted by Crippen LogP contribution is -2.20. The van der Waals surface area contributed by atoms with Crippen LogP contribution in [0.1, 0.15) is 85.8 Å². The van der Waals surface area contributed by atoms with Gasteiger partial charge in [0, 0.05) is 43.7 Å². The number of ether oxygens (including phenoxy) is 1. The predicted molar refractivity (Wildman–Crippen MR) is 212 cm³/mol. The third-order valence-electron chi connectivity index (χ3n) is 9.20. The normalized spacial score (nSPS) is 11.5. The fourth-order valence-electron chi connectivity index (χ4n) is 6.62. The van der Waals surface area contributed by atoms with E-state index in [1.165, 1.54) is 0 Å². The Kier molecular flexibility index (Phi) is 11.6. The van der Waals surface area contributed by atoms with Crippen LogP contribution in [0.15, 0.2) is 54.6 Å². The van der Waals surface area contributed by atoms with E-state index in [9.17, 15) is 24.0 Å². The number of carbonyl (C=O) groups is 5. The first kappa shape index (κ1) is 39.6. The molecule has 0 aliphatic rings. The molecule has 6 rings (SSSR count). The molecule has 6 N–H and O–H groups in total. The highest BCUT2D eigenvalue weighted by atomic mass is 16.5. The summed E-state index contributed by atoms with van der Waals surface area (Å²) in [5.74, 6) is -2.15. The lowest BCUT2D eigenvalue weighted by atomic mass is 10.0. The van der Waals surface area contributed by atoms with E-state index in [1.807, 2.05) is 26.0 Å². The number of allylic oxidation sites excluding steroid dienone is 2. The van der Waals surface area contributed by atoms with Gasteiger partial charge in [-0.1, -0.05) is 12.2 Å². The summed E-state index contributed by atoms with van der Waals surface area (Å²) in [6.07, 6.45) is 3.93. The standard InChI is InChI=1S/C39H44N12O6/c1-6-50-30(17-22(4)46-50)36(55)44-38-42-27-20-25(34(40)53)11-13-29(27)48(38)15-9-10-16-49-33-24(12-14-32(52)57-8-3)19-26(35(41)54)21-28(33)43-39(49)45-37(56)31-18-23(5)47-51(31)7-2/h9-11,13,17-21H,6-8,12,14-16H2,1-5H3,(H2,40,53)(H2,41,54)(H,42,44,55)(H,43,45,56)/b10-9+. The Morgan fingerprint density at radius 1 is 0.719 bits per heavy atom. The van der Waals surface area contributed by atoms with Crippen LogP contribution in [0.4, 0.5) is 11.9 Å². The molecule has 18 nitrogen and oxygen atoms in total. The van der Waals surface area contributed by atoms with Gasteiger partial charge in [0.2, 0.25) is 23.7 Å². The molecule has 0 aliphatic heterocycles. The number of hydrogen-bond donors (Lipinski definition) is 4. The third kappa shape index (κ3) is 8.43. The van der Waals surface area contributed by atoms with E-state index < -0.39 is 29.6 Å². The van der Waals surface area contributed by atoms with Gasteiger partial charge in [0.25, 0.3) is 11.8 Å². The number of nitrogens with zero attached hydrogens (tertiary/aromatic N) is 8. The minimum Gasteiger partial charge on any atom is -0.466 e. The number of anilines is 2. The summed E-state index contributed by atoms with van der Waals surface area (Å²) in [5, 5.41) is 14.6. The topological polar surface area (TPSA) is 242 Å². The van der Waals surface area contributed by atoms with Crippen molar-refractivity contribution in [3.8, 4) is 0 Å². The first-order valence-corrected chi connectivity index (χ1v) is 18.5. The molecule has 4 amide bonds. The lowest BCUT2D eigenvalue weighted by molar-refractivity contribution is -0.143. The number of primary amides is 2. The van der Waals surface area contributed by atoms with Crippen LogP contribution >= 0.6 is 0 Å². The zero-order valence-electron chi connectivity index (χ0n) is 32.3. The van der Waals surface area contributed by atoms with Crippen molar-refractivity contribution in [3.05, 3.63) is 94.1 Å². The van der Waals surface area contributed by atoms with Crippen LogP contribution in [-0.4, -0.2) is 74.9 Å². The number of benzene rings is 2. The number of amides is 4. The number of hydrogen-bond acceptors (Lipinski definition) is 10. The minimum atomic E-state index is -0.677. The average Bonchev–Trinajstić information content (AvgIpc) is 3.94. The second-order valence-corrected chi connectivity index (χ2v) is 13.2. The Hall–Kier alpha value is -7.11. The van der Waals surface area contributed by atoms with E-state index >= 15 is 0 Å². The molecule has 4 aromatic heterocycles. The molecule has 6 aromatic rings. The summed E-state index contributed by atoms with van der Waals surface area (Å²) in [5.41, 5.74) is 16.4. The van der Waals surface area contributed by atoms with Crippen LogP contribution in [0.25, 0.3) is 22.1 Å². The van der Waals surface area contributed by atoms with Gasteiger partial charge in [-0.05, 0) is 89.1 Å². The van der Waals surface area contributed by atoms with Crippen LogP contribution in [0.2, 0.25) is 0 Å². The fourth-order valence-corrected chi connectivity index (χ4v) is 6.62. The number of carbonyl (C=O) groups excluding carboxylic acids is 5. The first-order chi connectivity index (χ1) is 27.3. The Labute approximate surface area is 326 Å². The molecule has 0 atom stereocenters. The number of esters is 1. The summed E-state index contributed by atoms with van der Waals surface area (Å²) >= 11 is 0. The Morgan fingerprint density at radius 2 is 1.26 bits per heavy atom. The minimum absolute atomic E-state index is 0.0289. The largest absolute Gasteiger partial charge is 0.466 e. The van der Waals surface area contributed by atoms with Crippen LogP contribution in [0, 0.1) is 13.8 Å². The summed E-state index contributed by atoms with van der Waals surface area (Å²) in [4.78, 5) is 73.3. The number of nitrogens with one attached hydrogen (secondary N) is 2. The maximum Gasteiger partial charge on any atom is 0.306 e. The molecule has 0 radical (unpaired) electrons. The third-order valence-corrected chi connectivity index (χ3v) is 9.20. The molecular formula is C39H44N12O6. The summed E-state index contributed by atoms with van der Waals surface area (Å²) in [6.45, 7) is 10.6. The van der Waals surface area contributed by atoms with Crippen molar-refractivity contribution in [2.75, 3.05) is 17.2 Å². The average molecular weight is 777 g/mol. The van der Waals surface area contributed by atoms with Crippen LogP contribution < -0.4 is 22.1 Å². The Bertz CT molecular complexity index is 2570. The van der Waals surface area contributed by atoms with E-state index in [1.54, 1.807) is 81.7 Å². The molecule has 4 heterocycles. The van der Waals surface area contributed by atoms with E-state index in [2.05, 4.69) is 25.8 Å². The SMILES string of the molecule is CCOC(=O)CCc1cc(C(N)=O)cc2nc(NC(=O)c3cc(C)nn3CC)n(C/C=C/Cn3c(NC(=O)c4cc(C)nn4CC)nc4cc(C(N)=O)ccc43)c12. The van der Waals surface area contributed by atoms with Gasteiger partial charge in [-0.2, -0.15) is 10.2 Å². The highest BCUT2D eigenvalue weighted by Crippen LogP contribution is 2.28. The number of imidazole rings is 2. The molecule has 2 aromatic carbocycles. The first-order valence-electron chi connectivity index (χ1n) is 18.5. The Balaban J connectivity index is 1.39. The number of nitrogens with two attached hydrogens (primary N) is 2. The predicted octanol–water partition coefficient (Wildman–Crippen LogP) is 3.89. The Morgan fingerprint density at radius 3 is 1.82 bits per heavy atom. The molecule has 0 spiro atoms. The van der Waals surface area contributed by atoms with Crippen molar-refractivity contribution in [1.82, 2.24) is 38.7 Å². The van der Waals surface area contributed by atoms with Crippen LogP contribution in [0.5, 0.6) is 0 Å². The van der Waals surface area contributed by atoms with Gasteiger partial charge < -0.3 is 25.3 Å². The second kappa shape index (κ2) is 16.7. The molecule has 0 unspecified atom stereocenters. The summed E-state index contributed by atoms with van der Waals surface area (Å²) in [7, 11) is 0. The number of rotatable bonds is 16. The molecule has 0 saturated carbocycles. The monoisotopic (exact) mass is 776 g/mol. The molecule has 18 heteroatoms. The molecule has 0 aliphatic carbocycles. The van der Waals surface area contributed by atoms with Crippen molar-refractivity contribution >= 4 is 63.6 Å². The molecule has 0 fully saturated rings. The molecule has 0 bridgehead atoms. The maximum absolute atomic E-state index is 13.7. The van der Waals surface area contributed by atoms with Crippen molar-refractivity contribution < 1.29 is 28.7 Å². The van der Waals surface area contributed by atoms with Gasteiger partial charge in [0.15, 0.2) is 0 Å². The highest BCUT2D eigenvalue weighted by molar-refractivity contribution is 6.05. The van der Waals surface area contributed by atoms with Crippen molar-refractivity contribution in [2.45, 2.75) is 73.6 Å². The molecule has 296 valence electrons. The van der Waals surface area contributed by atoms with Gasteiger partial charge in [0.1, 0.15) is 11.4 Å². The van der Waals surface area contributed by atoms with Gasteiger partial charge in [-0.25, -0.2) is 9.97 Å². The van der Waals surface area contributed by atoms with Crippen molar-refractivity contribution in [1.29, 1.82) is 0 Å². The highest BCUT2D eigenvalue weighted by Gasteiger charge is 2.22. The van der Waals surface area contributed by atoms with Crippen molar-refractivity contribution in [2.24, 2.45) is 11.5 Å². The van der Waals surface area contributed by atoms with Gasteiger partial charge >= 0.3 is 5.97 Å². The number of aryl methyl sites for hydroxylation is 5. The quantitative estimate of drug-likeness (QED) is 0.0816. The maximum atomic E-state index is 13.7. The summed E-state index contributed by atoms with van der Waals surface area (Å²) in [6, 6.07) is 11.4. The van der Waals surface area contributed by atoms with Crippen LogP contribution in [0.3, 0.4) is 0 Å². The fraction of sp³-hybridized carbons (Fsp3) is 0.308. The van der Waals surface area contributed by atoms with Gasteiger partial charge in [0.05, 0.1) is 40.1 Å². The number of fused-ring (bicyclic) bond motifs is 2. The van der Waals surface area contributed by atoms with E-state index in [0.29, 0.717) is 63.5 Å².